The zero-order valence-corrected chi connectivity index (χ0v) is 10.4. The van der Waals surface area contributed by atoms with E-state index in [-0.39, 0.29) is 5.41 Å². The second kappa shape index (κ2) is 3.91. The minimum atomic E-state index is 0.102. The molecule has 84 valence electrons. The SMILES string of the molecule is CC(C)(C)c1cnn(-c2ccc(Cl)cn2)c1. The summed E-state index contributed by atoms with van der Waals surface area (Å²) in [6.07, 6.45) is 5.49. The Kier molecular flexibility index (Phi) is 2.72. The molecule has 0 saturated heterocycles. The van der Waals surface area contributed by atoms with Crippen LogP contribution in [0.15, 0.2) is 30.7 Å². The highest BCUT2D eigenvalue weighted by Gasteiger charge is 2.16. The van der Waals surface area contributed by atoms with Gasteiger partial charge in [0.1, 0.15) is 0 Å². The standard InChI is InChI=1S/C12H14ClN3/c1-12(2,3)9-6-15-16(8-9)11-5-4-10(13)7-14-11/h4-8H,1-3H3. The molecular weight excluding hydrogens is 222 g/mol. The van der Waals surface area contributed by atoms with E-state index in [9.17, 15) is 0 Å². The Hall–Kier alpha value is -1.35. The van der Waals surface area contributed by atoms with Crippen molar-refractivity contribution < 1.29 is 0 Å². The zero-order chi connectivity index (χ0) is 11.8. The van der Waals surface area contributed by atoms with Crippen LogP contribution in [0.1, 0.15) is 26.3 Å². The molecule has 0 N–H and O–H groups in total. The maximum Gasteiger partial charge on any atom is 0.153 e. The van der Waals surface area contributed by atoms with Crippen molar-refractivity contribution in [1.82, 2.24) is 14.8 Å². The maximum absolute atomic E-state index is 5.78. The third-order valence-electron chi connectivity index (χ3n) is 2.40. The first-order valence-corrected chi connectivity index (χ1v) is 5.52. The Labute approximate surface area is 100 Å². The molecule has 0 spiro atoms. The lowest BCUT2D eigenvalue weighted by molar-refractivity contribution is 0.590. The van der Waals surface area contributed by atoms with Gasteiger partial charge in [0.15, 0.2) is 5.82 Å². The van der Waals surface area contributed by atoms with Gasteiger partial charge in [-0.2, -0.15) is 5.10 Å². The summed E-state index contributed by atoms with van der Waals surface area (Å²) in [4.78, 5) is 4.21. The van der Waals surface area contributed by atoms with Gasteiger partial charge in [0, 0.05) is 12.4 Å². The summed E-state index contributed by atoms with van der Waals surface area (Å²) in [6, 6.07) is 3.66. The van der Waals surface area contributed by atoms with Crippen LogP contribution < -0.4 is 0 Å². The van der Waals surface area contributed by atoms with Crippen LogP contribution in [0.3, 0.4) is 0 Å². The molecule has 0 amide bonds. The van der Waals surface area contributed by atoms with Gasteiger partial charge in [-0.1, -0.05) is 32.4 Å². The van der Waals surface area contributed by atoms with Crippen molar-refractivity contribution in [2.75, 3.05) is 0 Å². The van der Waals surface area contributed by atoms with Gasteiger partial charge in [0.25, 0.3) is 0 Å². The fourth-order valence-corrected chi connectivity index (χ4v) is 1.45. The summed E-state index contributed by atoms with van der Waals surface area (Å²) in [6.45, 7) is 6.47. The second-order valence-corrected chi connectivity index (χ2v) is 5.19. The summed E-state index contributed by atoms with van der Waals surface area (Å²) >= 11 is 5.78. The molecule has 0 aliphatic heterocycles. The van der Waals surface area contributed by atoms with E-state index in [0.717, 1.165) is 5.82 Å². The molecule has 0 unspecified atom stereocenters. The molecule has 2 aromatic rings. The zero-order valence-electron chi connectivity index (χ0n) is 9.61. The van der Waals surface area contributed by atoms with Gasteiger partial charge < -0.3 is 0 Å². The first-order chi connectivity index (χ1) is 7.47. The predicted octanol–water partition coefficient (Wildman–Crippen LogP) is 3.22. The summed E-state index contributed by atoms with van der Waals surface area (Å²) in [5.41, 5.74) is 1.29. The normalized spacial score (nSPS) is 11.8. The molecule has 16 heavy (non-hydrogen) atoms. The number of pyridine rings is 1. The average Bonchev–Trinajstić information content (AvgIpc) is 2.67. The lowest BCUT2D eigenvalue weighted by Gasteiger charge is -2.14. The Morgan fingerprint density at radius 2 is 1.94 bits per heavy atom. The van der Waals surface area contributed by atoms with Crippen molar-refractivity contribution >= 4 is 11.6 Å². The Morgan fingerprint density at radius 1 is 1.19 bits per heavy atom. The van der Waals surface area contributed by atoms with E-state index < -0.39 is 0 Å². The van der Waals surface area contributed by atoms with Crippen molar-refractivity contribution in [3.63, 3.8) is 0 Å². The van der Waals surface area contributed by atoms with Gasteiger partial charge in [-0.25, -0.2) is 9.67 Å². The monoisotopic (exact) mass is 235 g/mol. The van der Waals surface area contributed by atoms with Gasteiger partial charge >= 0.3 is 0 Å². The molecule has 2 aromatic heterocycles. The number of halogens is 1. The van der Waals surface area contributed by atoms with E-state index >= 15 is 0 Å². The second-order valence-electron chi connectivity index (χ2n) is 4.76. The fourth-order valence-electron chi connectivity index (χ4n) is 1.34. The molecule has 0 radical (unpaired) electrons. The van der Waals surface area contributed by atoms with Crippen LogP contribution in [0, 0.1) is 0 Å². The fraction of sp³-hybridized carbons (Fsp3) is 0.333. The topological polar surface area (TPSA) is 30.7 Å². The molecule has 0 atom stereocenters. The van der Waals surface area contributed by atoms with Crippen LogP contribution >= 0.6 is 11.6 Å². The summed E-state index contributed by atoms with van der Waals surface area (Å²) < 4.78 is 1.76. The first-order valence-electron chi connectivity index (χ1n) is 5.14. The molecule has 0 bridgehead atoms. The van der Waals surface area contributed by atoms with Gasteiger partial charge in [-0.3, -0.25) is 0 Å². The molecule has 0 fully saturated rings. The van der Waals surface area contributed by atoms with Crippen LogP contribution in [-0.2, 0) is 5.41 Å². The van der Waals surface area contributed by atoms with Crippen LogP contribution in [0.4, 0.5) is 0 Å². The maximum atomic E-state index is 5.78. The van der Waals surface area contributed by atoms with E-state index in [1.807, 2.05) is 24.5 Å². The van der Waals surface area contributed by atoms with E-state index in [1.165, 1.54) is 5.56 Å². The smallest absolute Gasteiger partial charge is 0.153 e. The summed E-state index contributed by atoms with van der Waals surface area (Å²) in [5, 5.41) is 4.93. The molecule has 3 nitrogen and oxygen atoms in total. The lowest BCUT2D eigenvalue weighted by Crippen LogP contribution is -2.09. The minimum Gasteiger partial charge on any atom is -0.236 e. The van der Waals surface area contributed by atoms with E-state index in [2.05, 4.69) is 30.9 Å². The molecule has 0 saturated carbocycles. The van der Waals surface area contributed by atoms with Gasteiger partial charge in [-0.15, -0.1) is 0 Å². The van der Waals surface area contributed by atoms with Gasteiger partial charge in [0.05, 0.1) is 11.2 Å². The van der Waals surface area contributed by atoms with Crippen LogP contribution in [-0.4, -0.2) is 14.8 Å². The number of nitrogens with zero attached hydrogens (tertiary/aromatic N) is 3. The molecular formula is C12H14ClN3. The van der Waals surface area contributed by atoms with Crippen molar-refractivity contribution in [3.8, 4) is 5.82 Å². The highest BCUT2D eigenvalue weighted by Crippen LogP contribution is 2.22. The predicted molar refractivity (Wildman–Crippen MR) is 65.1 cm³/mol. The first kappa shape index (κ1) is 11.1. The third-order valence-corrected chi connectivity index (χ3v) is 2.62. The van der Waals surface area contributed by atoms with E-state index in [4.69, 9.17) is 11.6 Å². The number of aromatic nitrogens is 3. The highest BCUT2D eigenvalue weighted by molar-refractivity contribution is 6.30. The lowest BCUT2D eigenvalue weighted by atomic mass is 9.90. The summed E-state index contributed by atoms with van der Waals surface area (Å²) in [7, 11) is 0. The van der Waals surface area contributed by atoms with Gasteiger partial charge in [0.2, 0.25) is 0 Å². The van der Waals surface area contributed by atoms with Crippen molar-refractivity contribution in [3.05, 3.63) is 41.3 Å². The van der Waals surface area contributed by atoms with E-state index in [0.29, 0.717) is 5.02 Å². The third kappa shape index (κ3) is 2.25. The van der Waals surface area contributed by atoms with Crippen LogP contribution in [0.2, 0.25) is 5.02 Å². The minimum absolute atomic E-state index is 0.102. The summed E-state index contributed by atoms with van der Waals surface area (Å²) in [5.74, 6) is 0.778. The van der Waals surface area contributed by atoms with E-state index in [1.54, 1.807) is 10.9 Å². The highest BCUT2D eigenvalue weighted by atomic mass is 35.5. The number of rotatable bonds is 1. The molecule has 0 aliphatic rings. The number of hydrogen-bond acceptors (Lipinski definition) is 2. The Balaban J connectivity index is 2.35. The van der Waals surface area contributed by atoms with Crippen molar-refractivity contribution in [2.24, 2.45) is 0 Å². The molecule has 0 aromatic carbocycles. The van der Waals surface area contributed by atoms with Gasteiger partial charge in [-0.05, 0) is 23.1 Å². The average molecular weight is 236 g/mol. The Morgan fingerprint density at radius 3 is 2.44 bits per heavy atom. The molecule has 2 heterocycles. The van der Waals surface area contributed by atoms with Crippen LogP contribution in [0.5, 0.6) is 0 Å². The largest absolute Gasteiger partial charge is 0.236 e. The number of hydrogen-bond donors (Lipinski definition) is 0. The molecule has 4 heteroatoms. The van der Waals surface area contributed by atoms with Crippen LogP contribution in [0.25, 0.3) is 5.82 Å². The molecule has 2 rings (SSSR count). The van der Waals surface area contributed by atoms with Crippen molar-refractivity contribution in [2.45, 2.75) is 26.2 Å². The Bertz CT molecular complexity index is 480. The molecule has 0 aliphatic carbocycles. The van der Waals surface area contributed by atoms with Crippen molar-refractivity contribution in [1.29, 1.82) is 0 Å². The quantitative estimate of drug-likeness (QED) is 0.760.